The Hall–Kier alpha value is -1.42. The van der Waals surface area contributed by atoms with Crippen LogP contribution in [0.25, 0.3) is 5.65 Å². The highest BCUT2D eigenvalue weighted by atomic mass is 15.3. The lowest BCUT2D eigenvalue weighted by Crippen LogP contribution is -2.07. The number of nitrogens with zero attached hydrogens (tertiary/aromatic N) is 3. The average molecular weight is 230 g/mol. The Morgan fingerprint density at radius 2 is 2.12 bits per heavy atom. The topological polar surface area (TPSA) is 56.2 Å². The summed E-state index contributed by atoms with van der Waals surface area (Å²) in [6.07, 6.45) is 5.19. The first-order chi connectivity index (χ1) is 8.28. The molecular weight excluding hydrogens is 212 g/mol. The summed E-state index contributed by atoms with van der Waals surface area (Å²) >= 11 is 0. The third-order valence-corrected chi connectivity index (χ3v) is 3.63. The van der Waals surface area contributed by atoms with Crippen molar-refractivity contribution in [2.45, 2.75) is 45.1 Å². The standard InChI is InChI=1S/C13H18N4/c1-9-6-11(8-14)17-13(15-9)7-12(16-17)10-4-2-3-5-10/h6-7,10H,2-5,8,14H2,1H3. The van der Waals surface area contributed by atoms with Crippen LogP contribution >= 0.6 is 0 Å². The Morgan fingerprint density at radius 1 is 1.35 bits per heavy atom. The van der Waals surface area contributed by atoms with E-state index in [0.717, 1.165) is 17.0 Å². The molecule has 1 fully saturated rings. The highest BCUT2D eigenvalue weighted by Crippen LogP contribution is 2.33. The van der Waals surface area contributed by atoms with Crippen molar-refractivity contribution in [3.05, 3.63) is 29.2 Å². The number of nitrogens with two attached hydrogens (primary N) is 1. The third-order valence-electron chi connectivity index (χ3n) is 3.63. The maximum Gasteiger partial charge on any atom is 0.155 e. The van der Waals surface area contributed by atoms with E-state index in [1.807, 2.05) is 17.5 Å². The summed E-state index contributed by atoms with van der Waals surface area (Å²) < 4.78 is 1.90. The predicted octanol–water partition coefficient (Wildman–Crippen LogP) is 2.15. The molecule has 4 nitrogen and oxygen atoms in total. The van der Waals surface area contributed by atoms with Gasteiger partial charge in [-0.2, -0.15) is 5.10 Å². The van der Waals surface area contributed by atoms with Gasteiger partial charge in [-0.1, -0.05) is 12.8 Å². The van der Waals surface area contributed by atoms with E-state index in [1.165, 1.54) is 31.4 Å². The molecule has 4 heteroatoms. The van der Waals surface area contributed by atoms with Crippen LogP contribution in [0, 0.1) is 6.92 Å². The Kier molecular flexibility index (Phi) is 2.59. The van der Waals surface area contributed by atoms with Crippen LogP contribution in [0.5, 0.6) is 0 Å². The lowest BCUT2D eigenvalue weighted by atomic mass is 10.1. The Bertz CT molecular complexity index is 538. The van der Waals surface area contributed by atoms with Crippen molar-refractivity contribution < 1.29 is 0 Å². The van der Waals surface area contributed by atoms with E-state index < -0.39 is 0 Å². The van der Waals surface area contributed by atoms with Crippen LogP contribution in [0.4, 0.5) is 0 Å². The molecule has 0 radical (unpaired) electrons. The zero-order chi connectivity index (χ0) is 11.8. The zero-order valence-corrected chi connectivity index (χ0v) is 10.2. The average Bonchev–Trinajstić information content (AvgIpc) is 2.95. The van der Waals surface area contributed by atoms with Crippen molar-refractivity contribution in [3.8, 4) is 0 Å². The molecule has 17 heavy (non-hydrogen) atoms. The van der Waals surface area contributed by atoms with Gasteiger partial charge >= 0.3 is 0 Å². The number of fused-ring (bicyclic) bond motifs is 1. The lowest BCUT2D eigenvalue weighted by Gasteiger charge is -2.04. The summed E-state index contributed by atoms with van der Waals surface area (Å²) in [4.78, 5) is 4.52. The van der Waals surface area contributed by atoms with E-state index in [0.29, 0.717) is 12.5 Å². The molecule has 0 spiro atoms. The smallest absolute Gasteiger partial charge is 0.155 e. The van der Waals surface area contributed by atoms with Crippen LogP contribution in [0.2, 0.25) is 0 Å². The van der Waals surface area contributed by atoms with Gasteiger partial charge in [0.1, 0.15) is 0 Å². The van der Waals surface area contributed by atoms with Gasteiger partial charge < -0.3 is 5.73 Å². The molecular formula is C13H18N4. The molecule has 0 saturated heterocycles. The fourth-order valence-corrected chi connectivity index (χ4v) is 2.76. The Balaban J connectivity index is 2.11. The van der Waals surface area contributed by atoms with Crippen molar-refractivity contribution in [3.63, 3.8) is 0 Å². The molecule has 2 N–H and O–H groups in total. The molecule has 0 aliphatic heterocycles. The number of rotatable bonds is 2. The number of hydrogen-bond donors (Lipinski definition) is 1. The summed E-state index contributed by atoms with van der Waals surface area (Å²) in [6.45, 7) is 2.51. The van der Waals surface area contributed by atoms with Crippen LogP contribution in [0.1, 0.15) is 48.7 Å². The fourth-order valence-electron chi connectivity index (χ4n) is 2.76. The SMILES string of the molecule is Cc1cc(CN)n2nc(C3CCCC3)cc2n1. The van der Waals surface area contributed by atoms with Crippen LogP contribution in [-0.2, 0) is 6.54 Å². The Labute approximate surface area is 101 Å². The largest absolute Gasteiger partial charge is 0.325 e. The van der Waals surface area contributed by atoms with Gasteiger partial charge in [0.05, 0.1) is 11.4 Å². The minimum Gasteiger partial charge on any atom is -0.325 e. The molecule has 0 atom stereocenters. The number of aromatic nitrogens is 3. The van der Waals surface area contributed by atoms with E-state index in [-0.39, 0.29) is 0 Å². The Morgan fingerprint density at radius 3 is 2.82 bits per heavy atom. The van der Waals surface area contributed by atoms with Gasteiger partial charge in [0, 0.05) is 24.2 Å². The summed E-state index contributed by atoms with van der Waals surface area (Å²) in [5.74, 6) is 0.627. The predicted molar refractivity (Wildman–Crippen MR) is 66.8 cm³/mol. The summed E-state index contributed by atoms with van der Waals surface area (Å²) in [7, 11) is 0. The van der Waals surface area contributed by atoms with E-state index in [9.17, 15) is 0 Å². The molecule has 2 aromatic rings. The van der Waals surface area contributed by atoms with Crippen molar-refractivity contribution in [1.82, 2.24) is 14.6 Å². The lowest BCUT2D eigenvalue weighted by molar-refractivity contribution is 0.678. The first-order valence-corrected chi connectivity index (χ1v) is 6.34. The van der Waals surface area contributed by atoms with Crippen LogP contribution in [-0.4, -0.2) is 14.6 Å². The highest BCUT2D eigenvalue weighted by Gasteiger charge is 2.20. The van der Waals surface area contributed by atoms with E-state index in [1.54, 1.807) is 0 Å². The molecule has 1 aliphatic carbocycles. The molecule has 2 aromatic heterocycles. The van der Waals surface area contributed by atoms with Crippen molar-refractivity contribution in [2.24, 2.45) is 5.73 Å². The molecule has 90 valence electrons. The number of aryl methyl sites for hydroxylation is 1. The fraction of sp³-hybridized carbons (Fsp3) is 0.538. The molecule has 2 heterocycles. The van der Waals surface area contributed by atoms with Crippen LogP contribution < -0.4 is 5.73 Å². The van der Waals surface area contributed by atoms with Crippen LogP contribution in [0.15, 0.2) is 12.1 Å². The van der Waals surface area contributed by atoms with Gasteiger partial charge in [-0.25, -0.2) is 9.50 Å². The highest BCUT2D eigenvalue weighted by molar-refractivity contribution is 5.42. The molecule has 1 saturated carbocycles. The van der Waals surface area contributed by atoms with Gasteiger partial charge in [0.15, 0.2) is 5.65 Å². The molecule has 0 amide bonds. The second kappa shape index (κ2) is 4.11. The van der Waals surface area contributed by atoms with E-state index >= 15 is 0 Å². The minimum atomic E-state index is 0.506. The van der Waals surface area contributed by atoms with Gasteiger partial charge in [-0.3, -0.25) is 0 Å². The maximum absolute atomic E-state index is 5.76. The molecule has 0 bridgehead atoms. The zero-order valence-electron chi connectivity index (χ0n) is 10.2. The summed E-state index contributed by atoms with van der Waals surface area (Å²) in [5.41, 5.74) is 9.94. The van der Waals surface area contributed by atoms with Gasteiger partial charge in [-0.15, -0.1) is 0 Å². The van der Waals surface area contributed by atoms with Gasteiger partial charge in [0.25, 0.3) is 0 Å². The molecule has 1 aliphatic rings. The number of hydrogen-bond acceptors (Lipinski definition) is 3. The molecule has 0 unspecified atom stereocenters. The van der Waals surface area contributed by atoms with Gasteiger partial charge in [-0.05, 0) is 25.8 Å². The summed E-state index contributed by atoms with van der Waals surface area (Å²) in [5, 5.41) is 4.68. The first-order valence-electron chi connectivity index (χ1n) is 6.34. The second-order valence-corrected chi connectivity index (χ2v) is 4.91. The van der Waals surface area contributed by atoms with Crippen molar-refractivity contribution in [2.75, 3.05) is 0 Å². The molecule has 3 rings (SSSR count). The first kappa shape index (κ1) is 10.7. The van der Waals surface area contributed by atoms with Crippen LogP contribution in [0.3, 0.4) is 0 Å². The monoisotopic (exact) mass is 230 g/mol. The quantitative estimate of drug-likeness (QED) is 0.860. The maximum atomic E-state index is 5.76. The van der Waals surface area contributed by atoms with E-state index in [2.05, 4.69) is 16.1 Å². The normalized spacial score (nSPS) is 17.1. The summed E-state index contributed by atoms with van der Waals surface area (Å²) in [6, 6.07) is 4.14. The minimum absolute atomic E-state index is 0.506. The second-order valence-electron chi connectivity index (χ2n) is 4.91. The van der Waals surface area contributed by atoms with Gasteiger partial charge in [0.2, 0.25) is 0 Å². The van der Waals surface area contributed by atoms with Crippen molar-refractivity contribution in [1.29, 1.82) is 0 Å². The van der Waals surface area contributed by atoms with E-state index in [4.69, 9.17) is 5.73 Å². The molecule has 0 aromatic carbocycles. The third kappa shape index (κ3) is 1.82. The van der Waals surface area contributed by atoms with Crippen molar-refractivity contribution >= 4 is 5.65 Å².